The lowest BCUT2D eigenvalue weighted by Crippen LogP contribution is -2.30. The van der Waals surface area contributed by atoms with Crippen molar-refractivity contribution in [3.8, 4) is 0 Å². The lowest BCUT2D eigenvalue weighted by atomic mass is 10.1. The molecule has 4 nitrogen and oxygen atoms in total. The number of carbonyl (C=O) groups is 1. The molecular formula is C13H20N2O2. The van der Waals surface area contributed by atoms with Crippen molar-refractivity contribution in [1.82, 2.24) is 4.90 Å². The number of benzene rings is 1. The molecule has 0 unspecified atom stereocenters. The van der Waals surface area contributed by atoms with Crippen molar-refractivity contribution in [2.24, 2.45) is 0 Å². The molecule has 94 valence electrons. The van der Waals surface area contributed by atoms with Gasteiger partial charge in [-0.05, 0) is 26.0 Å². The van der Waals surface area contributed by atoms with Gasteiger partial charge in [0, 0.05) is 25.8 Å². The molecule has 1 amide bonds. The Balaban J connectivity index is 3.01. The van der Waals surface area contributed by atoms with Gasteiger partial charge >= 0.3 is 0 Å². The number of aliphatic hydroxyl groups is 1. The molecule has 0 bridgehead atoms. The van der Waals surface area contributed by atoms with Crippen molar-refractivity contribution in [3.63, 3.8) is 0 Å². The van der Waals surface area contributed by atoms with Gasteiger partial charge in [-0.15, -0.1) is 0 Å². The van der Waals surface area contributed by atoms with E-state index in [1.807, 2.05) is 32.0 Å². The molecule has 0 saturated carbocycles. The lowest BCUT2D eigenvalue weighted by Gasteiger charge is -2.18. The van der Waals surface area contributed by atoms with Crippen LogP contribution in [0.2, 0.25) is 0 Å². The Hall–Kier alpha value is -1.55. The van der Waals surface area contributed by atoms with Crippen molar-refractivity contribution >= 4 is 11.6 Å². The minimum absolute atomic E-state index is 0.0232. The van der Waals surface area contributed by atoms with Crippen LogP contribution in [0, 0.1) is 6.92 Å². The van der Waals surface area contributed by atoms with Crippen molar-refractivity contribution in [1.29, 1.82) is 0 Å². The predicted molar refractivity (Wildman–Crippen MR) is 69.4 cm³/mol. The number of amides is 1. The Bertz CT molecular complexity index is 391. The fraction of sp³-hybridized carbons (Fsp3) is 0.462. The van der Waals surface area contributed by atoms with Crippen molar-refractivity contribution in [3.05, 3.63) is 29.3 Å². The van der Waals surface area contributed by atoms with Crippen LogP contribution in [0.4, 0.5) is 5.69 Å². The zero-order valence-corrected chi connectivity index (χ0v) is 10.7. The highest BCUT2D eigenvalue weighted by molar-refractivity contribution is 5.99. The Morgan fingerprint density at radius 2 is 2.18 bits per heavy atom. The summed E-state index contributed by atoms with van der Waals surface area (Å²) in [5.41, 5.74) is 2.54. The van der Waals surface area contributed by atoms with Crippen molar-refractivity contribution in [2.75, 3.05) is 32.1 Å². The molecule has 0 aliphatic heterocycles. The van der Waals surface area contributed by atoms with E-state index >= 15 is 0 Å². The summed E-state index contributed by atoms with van der Waals surface area (Å²) in [6.45, 7) is 5.04. The summed E-state index contributed by atoms with van der Waals surface area (Å²) in [7, 11) is 1.69. The van der Waals surface area contributed by atoms with E-state index in [0.717, 1.165) is 17.8 Å². The van der Waals surface area contributed by atoms with Crippen LogP contribution < -0.4 is 5.32 Å². The number of anilines is 1. The number of rotatable bonds is 5. The molecule has 2 N–H and O–H groups in total. The molecular weight excluding hydrogens is 216 g/mol. The first-order valence-electron chi connectivity index (χ1n) is 5.81. The molecule has 1 aromatic carbocycles. The highest BCUT2D eigenvalue weighted by atomic mass is 16.3. The van der Waals surface area contributed by atoms with Crippen LogP contribution in [0.5, 0.6) is 0 Å². The Labute approximate surface area is 102 Å². The summed E-state index contributed by atoms with van der Waals surface area (Å²) in [6.07, 6.45) is 0. The standard InChI is InChI=1S/C13H20N2O2/c1-4-14-12-6-5-10(2)9-11(12)13(17)15(3)7-8-16/h5-6,9,14,16H,4,7-8H2,1-3H3. The summed E-state index contributed by atoms with van der Waals surface area (Å²) in [5.74, 6) is -0.0706. The maximum absolute atomic E-state index is 12.2. The van der Waals surface area contributed by atoms with E-state index in [9.17, 15) is 4.79 Å². The Morgan fingerprint density at radius 1 is 1.47 bits per heavy atom. The summed E-state index contributed by atoms with van der Waals surface area (Å²) >= 11 is 0. The zero-order valence-electron chi connectivity index (χ0n) is 10.7. The molecule has 17 heavy (non-hydrogen) atoms. The molecule has 0 heterocycles. The number of aliphatic hydroxyl groups excluding tert-OH is 1. The average Bonchev–Trinajstić information content (AvgIpc) is 2.31. The molecule has 0 spiro atoms. The van der Waals surface area contributed by atoms with Gasteiger partial charge in [0.15, 0.2) is 0 Å². The summed E-state index contributed by atoms with van der Waals surface area (Å²) in [5, 5.41) is 12.0. The number of likely N-dealkylation sites (N-methyl/N-ethyl adjacent to an activating group) is 1. The molecule has 0 saturated heterocycles. The van der Waals surface area contributed by atoms with E-state index in [1.165, 1.54) is 4.90 Å². The molecule has 1 rings (SSSR count). The van der Waals surface area contributed by atoms with E-state index in [4.69, 9.17) is 5.11 Å². The number of hydrogen-bond donors (Lipinski definition) is 2. The second-order valence-corrected chi connectivity index (χ2v) is 4.03. The maximum Gasteiger partial charge on any atom is 0.255 e. The Kier molecular flexibility index (Phi) is 4.97. The second-order valence-electron chi connectivity index (χ2n) is 4.03. The van der Waals surface area contributed by atoms with Gasteiger partial charge in [0.1, 0.15) is 0 Å². The third-order valence-corrected chi connectivity index (χ3v) is 2.55. The molecule has 0 atom stereocenters. The first kappa shape index (κ1) is 13.5. The van der Waals surface area contributed by atoms with Gasteiger partial charge in [-0.25, -0.2) is 0 Å². The monoisotopic (exact) mass is 236 g/mol. The van der Waals surface area contributed by atoms with E-state index in [2.05, 4.69) is 5.32 Å². The highest BCUT2D eigenvalue weighted by Crippen LogP contribution is 2.18. The van der Waals surface area contributed by atoms with Crippen LogP contribution in [0.3, 0.4) is 0 Å². The Morgan fingerprint density at radius 3 is 2.76 bits per heavy atom. The van der Waals surface area contributed by atoms with Gasteiger partial charge in [-0.2, -0.15) is 0 Å². The number of aryl methyl sites for hydroxylation is 1. The highest BCUT2D eigenvalue weighted by Gasteiger charge is 2.15. The molecule has 1 aromatic rings. The number of nitrogens with one attached hydrogen (secondary N) is 1. The first-order valence-corrected chi connectivity index (χ1v) is 5.81. The number of nitrogens with zero attached hydrogens (tertiary/aromatic N) is 1. The molecule has 4 heteroatoms. The van der Waals surface area contributed by atoms with Gasteiger partial charge < -0.3 is 15.3 Å². The van der Waals surface area contributed by atoms with Crippen LogP contribution in [-0.2, 0) is 0 Å². The quantitative estimate of drug-likeness (QED) is 0.814. The molecule has 0 aliphatic carbocycles. The molecule has 0 aromatic heterocycles. The van der Waals surface area contributed by atoms with Gasteiger partial charge in [0.2, 0.25) is 0 Å². The van der Waals surface area contributed by atoms with E-state index in [1.54, 1.807) is 7.05 Å². The maximum atomic E-state index is 12.2. The van der Waals surface area contributed by atoms with Crippen LogP contribution in [0.1, 0.15) is 22.8 Å². The largest absolute Gasteiger partial charge is 0.395 e. The third-order valence-electron chi connectivity index (χ3n) is 2.55. The lowest BCUT2D eigenvalue weighted by molar-refractivity contribution is 0.0768. The minimum Gasteiger partial charge on any atom is -0.395 e. The van der Waals surface area contributed by atoms with E-state index < -0.39 is 0 Å². The first-order chi connectivity index (χ1) is 8.10. The predicted octanol–water partition coefficient (Wildman–Crippen LogP) is 1.49. The number of hydrogen-bond acceptors (Lipinski definition) is 3. The van der Waals surface area contributed by atoms with Gasteiger partial charge in [-0.1, -0.05) is 11.6 Å². The molecule has 0 radical (unpaired) electrons. The smallest absolute Gasteiger partial charge is 0.255 e. The van der Waals surface area contributed by atoms with E-state index in [0.29, 0.717) is 12.1 Å². The fourth-order valence-electron chi connectivity index (χ4n) is 1.64. The summed E-state index contributed by atoms with van der Waals surface area (Å²) < 4.78 is 0. The normalized spacial score (nSPS) is 10.1. The van der Waals surface area contributed by atoms with Crippen molar-refractivity contribution < 1.29 is 9.90 Å². The topological polar surface area (TPSA) is 52.6 Å². The third kappa shape index (κ3) is 3.46. The second kappa shape index (κ2) is 6.25. The summed E-state index contributed by atoms with van der Waals surface area (Å²) in [4.78, 5) is 13.7. The van der Waals surface area contributed by atoms with Gasteiger partial charge in [0.05, 0.1) is 12.2 Å². The molecule has 0 fully saturated rings. The SMILES string of the molecule is CCNc1ccc(C)cc1C(=O)N(C)CCO. The van der Waals surface area contributed by atoms with Crippen LogP contribution in [0.25, 0.3) is 0 Å². The van der Waals surface area contributed by atoms with Crippen LogP contribution in [0.15, 0.2) is 18.2 Å². The number of carbonyl (C=O) groups excluding carboxylic acids is 1. The average molecular weight is 236 g/mol. The van der Waals surface area contributed by atoms with Crippen LogP contribution >= 0.6 is 0 Å². The van der Waals surface area contributed by atoms with Crippen molar-refractivity contribution in [2.45, 2.75) is 13.8 Å². The zero-order chi connectivity index (χ0) is 12.8. The van der Waals surface area contributed by atoms with E-state index in [-0.39, 0.29) is 12.5 Å². The fourth-order valence-corrected chi connectivity index (χ4v) is 1.64. The van der Waals surface area contributed by atoms with Crippen LogP contribution in [-0.4, -0.2) is 42.7 Å². The van der Waals surface area contributed by atoms with Gasteiger partial charge in [-0.3, -0.25) is 4.79 Å². The summed E-state index contributed by atoms with van der Waals surface area (Å²) in [6, 6.07) is 5.76. The molecule has 0 aliphatic rings. The van der Waals surface area contributed by atoms with Gasteiger partial charge in [0.25, 0.3) is 5.91 Å². The minimum atomic E-state index is -0.0706.